The zero-order valence-corrected chi connectivity index (χ0v) is 12.8. The molecule has 0 unspecified atom stereocenters. The summed E-state index contributed by atoms with van der Waals surface area (Å²) in [5.74, 6) is 0.468. The average molecular weight is 306 g/mol. The smallest absolute Gasteiger partial charge is 0.223 e. The highest BCUT2D eigenvalue weighted by Gasteiger charge is 2.21. The Hall–Kier alpha value is -1.55. The molecule has 0 radical (unpaired) electrons. The van der Waals surface area contributed by atoms with E-state index in [4.69, 9.17) is 11.6 Å². The Labute approximate surface area is 129 Å². The molecule has 0 spiro atoms. The number of carbonyl (C=O) groups is 1. The molecule has 1 aromatic heterocycles. The summed E-state index contributed by atoms with van der Waals surface area (Å²) >= 11 is 6.14. The molecule has 3 rings (SSSR count). The number of halogens is 1. The standard InChI is InChI=1S/C16H20ClN3O/c17-14-7-3-8-15-13(14)11-19-20(15)10-4-9-18-16(21)12-5-1-2-6-12/h3,7-8,11-12H,1-2,4-6,9-10H2,(H,18,21). The SMILES string of the molecule is O=C(NCCCn1ncc2c(Cl)cccc21)C1CCCC1. The van der Waals surface area contributed by atoms with E-state index < -0.39 is 0 Å². The van der Waals surface area contributed by atoms with Crippen LogP contribution in [0.15, 0.2) is 24.4 Å². The molecule has 0 atom stereocenters. The van der Waals surface area contributed by atoms with Crippen molar-refractivity contribution in [3.63, 3.8) is 0 Å². The summed E-state index contributed by atoms with van der Waals surface area (Å²) in [5.41, 5.74) is 1.05. The van der Waals surface area contributed by atoms with Crippen molar-refractivity contribution in [1.82, 2.24) is 15.1 Å². The van der Waals surface area contributed by atoms with Crippen molar-refractivity contribution < 1.29 is 4.79 Å². The largest absolute Gasteiger partial charge is 0.356 e. The second kappa shape index (κ2) is 6.48. The topological polar surface area (TPSA) is 46.9 Å². The third-order valence-corrected chi connectivity index (χ3v) is 4.54. The van der Waals surface area contributed by atoms with Crippen LogP contribution >= 0.6 is 11.6 Å². The minimum absolute atomic E-state index is 0.223. The molecule has 1 heterocycles. The van der Waals surface area contributed by atoms with Gasteiger partial charge in [0.1, 0.15) is 0 Å². The van der Waals surface area contributed by atoms with Crippen molar-refractivity contribution in [3.8, 4) is 0 Å². The highest BCUT2D eigenvalue weighted by atomic mass is 35.5. The fourth-order valence-corrected chi connectivity index (χ4v) is 3.24. The van der Waals surface area contributed by atoms with Gasteiger partial charge in [0.05, 0.1) is 16.7 Å². The normalized spacial score (nSPS) is 15.7. The molecule has 4 nitrogen and oxygen atoms in total. The lowest BCUT2D eigenvalue weighted by atomic mass is 10.1. The van der Waals surface area contributed by atoms with Gasteiger partial charge in [-0.25, -0.2) is 0 Å². The van der Waals surface area contributed by atoms with Gasteiger partial charge in [-0.3, -0.25) is 9.48 Å². The predicted octanol–water partition coefficient (Wildman–Crippen LogP) is 3.39. The first-order chi connectivity index (χ1) is 10.3. The van der Waals surface area contributed by atoms with Crippen LogP contribution in [0.4, 0.5) is 0 Å². The van der Waals surface area contributed by atoms with Crippen molar-refractivity contribution in [2.24, 2.45) is 5.92 Å². The summed E-state index contributed by atoms with van der Waals surface area (Å²) in [6, 6.07) is 5.83. The van der Waals surface area contributed by atoms with Crippen molar-refractivity contribution >= 4 is 28.4 Å². The van der Waals surface area contributed by atoms with Gasteiger partial charge in [0.2, 0.25) is 5.91 Å². The Kier molecular flexibility index (Phi) is 4.44. The van der Waals surface area contributed by atoms with Crippen LogP contribution in [0.3, 0.4) is 0 Å². The summed E-state index contributed by atoms with van der Waals surface area (Å²) < 4.78 is 1.95. The molecule has 5 heteroatoms. The van der Waals surface area contributed by atoms with Crippen LogP contribution < -0.4 is 5.32 Å². The molecule has 21 heavy (non-hydrogen) atoms. The number of amides is 1. The Morgan fingerprint density at radius 2 is 2.19 bits per heavy atom. The monoisotopic (exact) mass is 305 g/mol. The van der Waals surface area contributed by atoms with Gasteiger partial charge in [0.25, 0.3) is 0 Å². The second-order valence-electron chi connectivity index (χ2n) is 5.67. The fourth-order valence-electron chi connectivity index (χ4n) is 3.02. The summed E-state index contributed by atoms with van der Waals surface area (Å²) in [6.45, 7) is 1.49. The number of nitrogens with zero attached hydrogens (tertiary/aromatic N) is 2. The maximum absolute atomic E-state index is 11.9. The Morgan fingerprint density at radius 3 is 3.00 bits per heavy atom. The number of nitrogens with one attached hydrogen (secondary N) is 1. The van der Waals surface area contributed by atoms with Gasteiger partial charge >= 0.3 is 0 Å². The van der Waals surface area contributed by atoms with Crippen LogP contribution in [-0.2, 0) is 11.3 Å². The Bertz CT molecular complexity index is 631. The highest BCUT2D eigenvalue weighted by Crippen LogP contribution is 2.25. The minimum Gasteiger partial charge on any atom is -0.356 e. The first-order valence-electron chi connectivity index (χ1n) is 7.63. The number of rotatable bonds is 5. The number of benzene rings is 1. The lowest BCUT2D eigenvalue weighted by Crippen LogP contribution is -2.30. The number of fused-ring (bicyclic) bond motifs is 1. The van der Waals surface area contributed by atoms with Gasteiger partial charge in [0, 0.05) is 24.4 Å². The van der Waals surface area contributed by atoms with Gasteiger partial charge in [-0.15, -0.1) is 0 Å². The first-order valence-corrected chi connectivity index (χ1v) is 8.01. The Morgan fingerprint density at radius 1 is 1.38 bits per heavy atom. The minimum atomic E-state index is 0.223. The maximum atomic E-state index is 11.9. The first kappa shape index (κ1) is 14.4. The fraction of sp³-hybridized carbons (Fsp3) is 0.500. The van der Waals surface area contributed by atoms with Crippen LogP contribution in [0, 0.1) is 5.92 Å². The average Bonchev–Trinajstić information content (AvgIpc) is 3.14. The van der Waals surface area contributed by atoms with Crippen LogP contribution in [0.2, 0.25) is 5.02 Å². The van der Waals surface area contributed by atoms with Gasteiger partial charge in [-0.2, -0.15) is 5.10 Å². The van der Waals surface area contributed by atoms with E-state index in [2.05, 4.69) is 10.4 Å². The maximum Gasteiger partial charge on any atom is 0.223 e. The molecule has 0 saturated heterocycles. The Balaban J connectivity index is 1.50. The molecule has 1 N–H and O–H groups in total. The molecule has 0 bridgehead atoms. The number of carbonyl (C=O) groups excluding carboxylic acids is 1. The second-order valence-corrected chi connectivity index (χ2v) is 6.07. The van der Waals surface area contributed by atoms with E-state index in [9.17, 15) is 4.79 Å². The molecule has 112 valence electrons. The molecule has 1 aromatic carbocycles. The van der Waals surface area contributed by atoms with E-state index in [-0.39, 0.29) is 11.8 Å². The zero-order valence-electron chi connectivity index (χ0n) is 12.0. The molecule has 1 saturated carbocycles. The van der Waals surface area contributed by atoms with Crippen molar-refractivity contribution in [2.75, 3.05) is 6.54 Å². The van der Waals surface area contributed by atoms with Crippen LogP contribution in [0.5, 0.6) is 0 Å². The van der Waals surface area contributed by atoms with E-state index in [0.717, 1.165) is 41.7 Å². The van der Waals surface area contributed by atoms with Crippen LogP contribution in [0.25, 0.3) is 10.9 Å². The van der Waals surface area contributed by atoms with E-state index >= 15 is 0 Å². The third-order valence-electron chi connectivity index (χ3n) is 4.21. The van der Waals surface area contributed by atoms with Crippen LogP contribution in [0.1, 0.15) is 32.1 Å². The van der Waals surface area contributed by atoms with Gasteiger partial charge in [-0.05, 0) is 31.4 Å². The molecule has 1 aliphatic carbocycles. The molecule has 1 amide bonds. The number of hydrogen-bond acceptors (Lipinski definition) is 2. The lowest BCUT2D eigenvalue weighted by molar-refractivity contribution is -0.124. The van der Waals surface area contributed by atoms with E-state index in [1.165, 1.54) is 12.8 Å². The van der Waals surface area contributed by atoms with E-state index in [1.807, 2.05) is 22.9 Å². The molecule has 1 fully saturated rings. The molecule has 0 aliphatic heterocycles. The van der Waals surface area contributed by atoms with Crippen LogP contribution in [-0.4, -0.2) is 22.2 Å². The van der Waals surface area contributed by atoms with E-state index in [1.54, 1.807) is 6.20 Å². The van der Waals surface area contributed by atoms with Gasteiger partial charge in [0.15, 0.2) is 0 Å². The quantitative estimate of drug-likeness (QED) is 0.861. The predicted molar refractivity (Wildman–Crippen MR) is 84.3 cm³/mol. The van der Waals surface area contributed by atoms with Crippen molar-refractivity contribution in [1.29, 1.82) is 0 Å². The number of aromatic nitrogens is 2. The zero-order chi connectivity index (χ0) is 14.7. The van der Waals surface area contributed by atoms with Gasteiger partial charge in [-0.1, -0.05) is 30.5 Å². The molecule has 1 aliphatic rings. The summed E-state index contributed by atoms with van der Waals surface area (Å²) in [4.78, 5) is 11.9. The lowest BCUT2D eigenvalue weighted by Gasteiger charge is -2.10. The third kappa shape index (κ3) is 3.21. The molecule has 2 aromatic rings. The number of aryl methyl sites for hydroxylation is 1. The molecular formula is C16H20ClN3O. The highest BCUT2D eigenvalue weighted by molar-refractivity contribution is 6.35. The summed E-state index contributed by atoms with van der Waals surface area (Å²) in [5, 5.41) is 9.12. The van der Waals surface area contributed by atoms with Gasteiger partial charge < -0.3 is 5.32 Å². The molecular weight excluding hydrogens is 286 g/mol. The number of hydrogen-bond donors (Lipinski definition) is 1. The van der Waals surface area contributed by atoms with Crippen molar-refractivity contribution in [2.45, 2.75) is 38.6 Å². The van der Waals surface area contributed by atoms with Crippen molar-refractivity contribution in [3.05, 3.63) is 29.4 Å². The van der Waals surface area contributed by atoms with E-state index in [0.29, 0.717) is 6.54 Å². The summed E-state index contributed by atoms with van der Waals surface area (Å²) in [6.07, 6.45) is 7.16. The summed E-state index contributed by atoms with van der Waals surface area (Å²) in [7, 11) is 0.